The number of amides is 2. The molecule has 5 nitrogen and oxygen atoms in total. The molecule has 5 rings (SSSR count). The van der Waals surface area contributed by atoms with Crippen LogP contribution in [0.2, 0.25) is 5.02 Å². The summed E-state index contributed by atoms with van der Waals surface area (Å²) in [5, 5.41) is 0.686. The molecule has 3 aliphatic carbocycles. The van der Waals surface area contributed by atoms with Gasteiger partial charge in [0.05, 0.1) is 5.02 Å². The van der Waals surface area contributed by atoms with Crippen molar-refractivity contribution in [3.63, 3.8) is 0 Å². The summed E-state index contributed by atoms with van der Waals surface area (Å²) in [6, 6.07) is 2.05. The Balaban J connectivity index is 1.45. The van der Waals surface area contributed by atoms with Crippen LogP contribution in [-0.2, 0) is 9.59 Å². The topological polar surface area (TPSA) is 53.5 Å². The molecule has 33 heavy (non-hydrogen) atoms. The largest absolute Gasteiger partial charge is 0.347 e. The Hall–Kier alpha value is -2.14. The molecule has 0 unspecified atom stereocenters. The standard InChI is InChI=1S/C27H34ClN3O2/c1-26-11-9-22-19(21(26)7-6-20(26)17-13-18(28)15-29-14-17)5-8-23-27(22,2)12-10-24(32)31(23)16-25(33)30(3)4/h6,8,13-15,19,21-22H,5,7,9-12,16H2,1-4H3/t19-,21-,22-,26+,27+/m0/s1. The van der Waals surface area contributed by atoms with E-state index in [4.69, 9.17) is 11.6 Å². The van der Waals surface area contributed by atoms with Crippen LogP contribution in [0.4, 0.5) is 0 Å². The van der Waals surface area contributed by atoms with Gasteiger partial charge in [-0.25, -0.2) is 0 Å². The number of hydrogen-bond acceptors (Lipinski definition) is 3. The molecule has 6 heteroatoms. The van der Waals surface area contributed by atoms with Crippen molar-refractivity contribution in [2.45, 2.75) is 52.4 Å². The number of aromatic nitrogens is 1. The lowest BCUT2D eigenvalue weighted by Gasteiger charge is -2.58. The number of carbonyl (C=O) groups excluding carboxylic acids is 2. The molecule has 2 amide bonds. The van der Waals surface area contributed by atoms with Gasteiger partial charge in [-0.2, -0.15) is 0 Å². The first kappa shape index (κ1) is 22.6. The maximum absolute atomic E-state index is 12.9. The number of rotatable bonds is 3. The molecule has 1 aromatic heterocycles. The van der Waals surface area contributed by atoms with Crippen LogP contribution in [0.1, 0.15) is 57.9 Å². The number of nitrogens with zero attached hydrogens (tertiary/aromatic N) is 3. The zero-order valence-electron chi connectivity index (χ0n) is 20.1. The first-order valence-electron chi connectivity index (χ1n) is 12.2. The van der Waals surface area contributed by atoms with Gasteiger partial charge in [-0.1, -0.05) is 37.6 Å². The van der Waals surface area contributed by atoms with Crippen LogP contribution in [0.3, 0.4) is 0 Å². The molecule has 1 saturated carbocycles. The summed E-state index contributed by atoms with van der Waals surface area (Å²) < 4.78 is 0. The number of halogens is 1. The van der Waals surface area contributed by atoms with Crippen molar-refractivity contribution >= 4 is 29.0 Å². The van der Waals surface area contributed by atoms with E-state index in [0.717, 1.165) is 43.4 Å². The van der Waals surface area contributed by atoms with Gasteiger partial charge in [-0.3, -0.25) is 14.6 Å². The lowest BCUT2D eigenvalue weighted by atomic mass is 9.49. The van der Waals surface area contributed by atoms with E-state index in [0.29, 0.717) is 29.2 Å². The van der Waals surface area contributed by atoms with Crippen LogP contribution >= 0.6 is 11.6 Å². The molecule has 0 bridgehead atoms. The molecule has 1 aliphatic heterocycles. The number of pyridine rings is 1. The fourth-order valence-electron chi connectivity index (χ4n) is 7.47. The molecule has 0 aromatic carbocycles. The van der Waals surface area contributed by atoms with E-state index in [1.165, 1.54) is 5.57 Å². The molecule has 0 N–H and O–H groups in total. The summed E-state index contributed by atoms with van der Waals surface area (Å²) >= 11 is 6.27. The number of hydrogen-bond donors (Lipinski definition) is 0. The maximum Gasteiger partial charge on any atom is 0.242 e. The Morgan fingerprint density at radius 2 is 1.94 bits per heavy atom. The Morgan fingerprint density at radius 3 is 2.67 bits per heavy atom. The normalized spacial score (nSPS) is 35.2. The Bertz CT molecular complexity index is 1060. The van der Waals surface area contributed by atoms with Gasteiger partial charge in [0.15, 0.2) is 0 Å². The zero-order valence-corrected chi connectivity index (χ0v) is 20.9. The summed E-state index contributed by atoms with van der Waals surface area (Å²) in [6.45, 7) is 4.93. The van der Waals surface area contributed by atoms with Gasteiger partial charge in [0, 0.05) is 44.0 Å². The third-order valence-electron chi connectivity index (χ3n) is 9.26. The lowest BCUT2D eigenvalue weighted by Crippen LogP contribution is -2.55. The molecule has 2 heterocycles. The van der Waals surface area contributed by atoms with Crippen molar-refractivity contribution in [3.05, 3.63) is 46.9 Å². The molecule has 176 valence electrons. The average molecular weight is 468 g/mol. The van der Waals surface area contributed by atoms with Crippen molar-refractivity contribution in [2.24, 2.45) is 28.6 Å². The SMILES string of the molecule is CN(C)C(=O)CN1C(=O)CC[C@@]2(C)C1=CC[C@@H]1[C@@H]2CC[C@]2(C)C(c3cncc(Cl)c3)=CC[C@@H]12. The Kier molecular flexibility index (Phi) is 5.47. The number of carbonyl (C=O) groups is 2. The second kappa shape index (κ2) is 7.97. The molecule has 4 aliphatic rings. The Labute approximate surface area is 201 Å². The van der Waals surface area contributed by atoms with Crippen molar-refractivity contribution in [2.75, 3.05) is 20.6 Å². The van der Waals surface area contributed by atoms with E-state index < -0.39 is 0 Å². The summed E-state index contributed by atoms with van der Waals surface area (Å²) in [5.41, 5.74) is 3.73. The van der Waals surface area contributed by atoms with Crippen molar-refractivity contribution in [1.29, 1.82) is 0 Å². The van der Waals surface area contributed by atoms with Gasteiger partial charge in [-0.15, -0.1) is 0 Å². The van der Waals surface area contributed by atoms with Crippen LogP contribution in [0.15, 0.2) is 36.3 Å². The first-order valence-corrected chi connectivity index (χ1v) is 12.6. The van der Waals surface area contributed by atoms with Crippen molar-refractivity contribution in [1.82, 2.24) is 14.8 Å². The number of piperidine rings is 1. The van der Waals surface area contributed by atoms with Gasteiger partial charge in [0.25, 0.3) is 0 Å². The number of allylic oxidation sites excluding steroid dienone is 4. The lowest BCUT2D eigenvalue weighted by molar-refractivity contribution is -0.143. The van der Waals surface area contributed by atoms with E-state index in [9.17, 15) is 9.59 Å². The van der Waals surface area contributed by atoms with E-state index >= 15 is 0 Å². The maximum atomic E-state index is 12.9. The van der Waals surface area contributed by atoms with Gasteiger partial charge in [0.1, 0.15) is 6.54 Å². The fraction of sp³-hybridized carbons (Fsp3) is 0.593. The highest BCUT2D eigenvalue weighted by atomic mass is 35.5. The number of likely N-dealkylation sites (N-methyl/N-ethyl adjacent to an activating group) is 1. The molecule has 2 fully saturated rings. The fourth-order valence-corrected chi connectivity index (χ4v) is 7.64. The van der Waals surface area contributed by atoms with Gasteiger partial charge < -0.3 is 9.80 Å². The van der Waals surface area contributed by atoms with Crippen LogP contribution in [0, 0.1) is 28.6 Å². The predicted molar refractivity (Wildman–Crippen MR) is 130 cm³/mol. The zero-order chi connectivity index (χ0) is 23.5. The minimum Gasteiger partial charge on any atom is -0.347 e. The minimum atomic E-state index is -0.0505. The van der Waals surface area contributed by atoms with E-state index in [1.54, 1.807) is 30.1 Å². The van der Waals surface area contributed by atoms with E-state index in [-0.39, 0.29) is 29.2 Å². The second-order valence-corrected chi connectivity index (χ2v) is 11.5. The molecule has 5 atom stereocenters. The summed E-state index contributed by atoms with van der Waals surface area (Å²) in [5.74, 6) is 1.76. The molecular formula is C27H34ClN3O2. The van der Waals surface area contributed by atoms with Crippen molar-refractivity contribution < 1.29 is 9.59 Å². The molecule has 1 aromatic rings. The number of likely N-dealkylation sites (tertiary alicyclic amines) is 1. The summed E-state index contributed by atoms with van der Waals surface area (Å²) in [6.07, 6.45) is 14.1. The van der Waals surface area contributed by atoms with Crippen molar-refractivity contribution in [3.8, 4) is 0 Å². The first-order chi connectivity index (χ1) is 15.6. The van der Waals surface area contributed by atoms with Crippen LogP contribution in [0.25, 0.3) is 5.57 Å². The third kappa shape index (κ3) is 3.46. The molecule has 0 radical (unpaired) electrons. The van der Waals surface area contributed by atoms with Gasteiger partial charge >= 0.3 is 0 Å². The quantitative estimate of drug-likeness (QED) is 0.615. The molecular weight excluding hydrogens is 434 g/mol. The molecule has 1 saturated heterocycles. The highest BCUT2D eigenvalue weighted by Gasteiger charge is 2.58. The van der Waals surface area contributed by atoms with E-state index in [2.05, 4.69) is 31.0 Å². The van der Waals surface area contributed by atoms with Crippen LogP contribution in [-0.4, -0.2) is 47.2 Å². The van der Waals surface area contributed by atoms with Crippen LogP contribution in [0.5, 0.6) is 0 Å². The highest BCUT2D eigenvalue weighted by molar-refractivity contribution is 6.30. The summed E-state index contributed by atoms with van der Waals surface area (Å²) in [7, 11) is 3.51. The predicted octanol–water partition coefficient (Wildman–Crippen LogP) is 5.18. The monoisotopic (exact) mass is 467 g/mol. The minimum absolute atomic E-state index is 0.0217. The van der Waals surface area contributed by atoms with Crippen LogP contribution < -0.4 is 0 Å². The highest BCUT2D eigenvalue weighted by Crippen LogP contribution is 2.66. The number of fused-ring (bicyclic) bond motifs is 5. The third-order valence-corrected chi connectivity index (χ3v) is 9.47. The van der Waals surface area contributed by atoms with Gasteiger partial charge in [0.2, 0.25) is 11.8 Å². The van der Waals surface area contributed by atoms with Gasteiger partial charge in [-0.05, 0) is 72.5 Å². The second-order valence-electron chi connectivity index (χ2n) is 11.1. The smallest absolute Gasteiger partial charge is 0.242 e. The average Bonchev–Trinajstić information content (AvgIpc) is 3.13. The summed E-state index contributed by atoms with van der Waals surface area (Å²) in [4.78, 5) is 33.1. The van der Waals surface area contributed by atoms with E-state index in [1.807, 2.05) is 12.3 Å². The molecule has 0 spiro atoms. The Morgan fingerprint density at radius 1 is 1.15 bits per heavy atom.